The van der Waals surface area contributed by atoms with Crippen molar-refractivity contribution in [2.24, 2.45) is 0 Å². The van der Waals surface area contributed by atoms with Crippen LogP contribution in [0.5, 0.6) is 0 Å². The smallest absolute Gasteiger partial charge is 0.252 e. The third kappa shape index (κ3) is 2.08. The minimum atomic E-state index is -0.208. The van der Waals surface area contributed by atoms with Gasteiger partial charge in [-0.05, 0) is 11.6 Å². The molecule has 0 aromatic carbocycles. The Morgan fingerprint density at radius 3 is 2.50 bits per heavy atom. The molecule has 0 fully saturated rings. The van der Waals surface area contributed by atoms with Gasteiger partial charge in [-0.15, -0.1) is 0 Å². The number of nitrogens with one attached hydrogen (secondary N) is 1. The topological polar surface area (TPSA) is 45.8 Å². The maximum atomic E-state index is 11.0. The number of hydrogen-bond acceptors (Lipinski definition) is 2. The molecule has 0 aliphatic heterocycles. The van der Waals surface area contributed by atoms with E-state index in [0.29, 0.717) is 5.69 Å². The van der Waals surface area contributed by atoms with Crippen LogP contribution in [0.25, 0.3) is 0 Å². The van der Waals surface area contributed by atoms with E-state index in [1.807, 2.05) is 20.8 Å². The van der Waals surface area contributed by atoms with E-state index in [1.54, 1.807) is 0 Å². The molecule has 0 aliphatic carbocycles. The van der Waals surface area contributed by atoms with E-state index in [0.717, 1.165) is 0 Å². The lowest BCUT2D eigenvalue weighted by atomic mass is 9.92. The summed E-state index contributed by atoms with van der Waals surface area (Å²) in [5.74, 6) is 0. The Bertz CT molecular complexity index is 338. The number of aromatic nitrogens is 2. The van der Waals surface area contributed by atoms with Crippen molar-refractivity contribution in [2.45, 2.75) is 26.2 Å². The van der Waals surface area contributed by atoms with Crippen LogP contribution in [0.4, 0.5) is 0 Å². The Hall–Kier alpha value is -0.830. The van der Waals surface area contributed by atoms with Crippen LogP contribution in [0, 0.1) is 0 Å². The van der Waals surface area contributed by atoms with Crippen molar-refractivity contribution >= 4 is 11.6 Å². The third-order valence-corrected chi connectivity index (χ3v) is 1.66. The van der Waals surface area contributed by atoms with Gasteiger partial charge >= 0.3 is 0 Å². The highest BCUT2D eigenvalue weighted by Gasteiger charge is 2.16. The first-order chi connectivity index (χ1) is 5.39. The molecule has 1 heterocycles. The number of aromatic amines is 1. The van der Waals surface area contributed by atoms with Crippen LogP contribution in [0.2, 0.25) is 5.28 Å². The average Bonchev–Trinajstić information content (AvgIpc) is 1.82. The van der Waals surface area contributed by atoms with Gasteiger partial charge in [0, 0.05) is 11.5 Å². The molecule has 1 aromatic heterocycles. The minimum Gasteiger partial charge on any atom is -0.297 e. The van der Waals surface area contributed by atoms with Gasteiger partial charge in [0.2, 0.25) is 5.28 Å². The van der Waals surface area contributed by atoms with Gasteiger partial charge in [-0.25, -0.2) is 4.98 Å². The molecule has 0 radical (unpaired) electrons. The molecule has 4 heteroatoms. The molecule has 3 nitrogen and oxygen atoms in total. The lowest BCUT2D eigenvalue weighted by Crippen LogP contribution is -2.19. The summed E-state index contributed by atoms with van der Waals surface area (Å²) in [7, 11) is 0. The fourth-order valence-corrected chi connectivity index (χ4v) is 0.996. The van der Waals surface area contributed by atoms with Crippen molar-refractivity contribution in [3.8, 4) is 0 Å². The molecule has 0 aliphatic rings. The highest BCUT2D eigenvalue weighted by atomic mass is 35.5. The first-order valence-electron chi connectivity index (χ1n) is 3.67. The van der Waals surface area contributed by atoms with Crippen molar-refractivity contribution < 1.29 is 0 Å². The summed E-state index contributed by atoms with van der Waals surface area (Å²) >= 11 is 5.59. The number of halogens is 1. The fourth-order valence-electron chi connectivity index (χ4n) is 0.812. The lowest BCUT2D eigenvalue weighted by Gasteiger charge is -2.16. The summed E-state index contributed by atoms with van der Waals surface area (Å²) in [4.78, 5) is 17.4. The molecule has 0 saturated carbocycles. The van der Waals surface area contributed by atoms with Crippen LogP contribution in [0.15, 0.2) is 10.9 Å². The minimum absolute atomic E-state index is 0.141. The van der Waals surface area contributed by atoms with Crippen LogP contribution in [-0.4, -0.2) is 9.97 Å². The maximum absolute atomic E-state index is 11.0. The van der Waals surface area contributed by atoms with Crippen molar-refractivity contribution in [3.63, 3.8) is 0 Å². The Balaban J connectivity index is 3.27. The van der Waals surface area contributed by atoms with Gasteiger partial charge < -0.3 is 0 Å². The molecule has 66 valence electrons. The second kappa shape index (κ2) is 2.90. The van der Waals surface area contributed by atoms with Gasteiger partial charge in [-0.2, -0.15) is 0 Å². The van der Waals surface area contributed by atoms with Crippen molar-refractivity contribution in [1.82, 2.24) is 9.97 Å². The molecule has 0 saturated heterocycles. The molecule has 1 rings (SSSR count). The van der Waals surface area contributed by atoms with E-state index < -0.39 is 0 Å². The predicted octanol–water partition coefficient (Wildman–Crippen LogP) is 1.72. The van der Waals surface area contributed by atoms with E-state index >= 15 is 0 Å². The van der Waals surface area contributed by atoms with Crippen LogP contribution in [0.3, 0.4) is 0 Å². The Labute approximate surface area is 75.8 Å². The second-order valence-corrected chi connectivity index (χ2v) is 4.03. The molecular weight excluding hydrogens is 176 g/mol. The first kappa shape index (κ1) is 9.26. The number of hydrogen-bond donors (Lipinski definition) is 1. The standard InChI is InChI=1S/C8H11ClN2O/c1-8(2,3)5-4-6(12)11-7(9)10-5/h4H,1-3H3,(H,10,11,12). The summed E-state index contributed by atoms with van der Waals surface area (Å²) in [5.41, 5.74) is 0.355. The predicted molar refractivity (Wildman–Crippen MR) is 48.6 cm³/mol. The summed E-state index contributed by atoms with van der Waals surface area (Å²) < 4.78 is 0. The molecule has 0 bridgehead atoms. The van der Waals surface area contributed by atoms with E-state index in [2.05, 4.69) is 9.97 Å². The number of rotatable bonds is 0. The monoisotopic (exact) mass is 186 g/mol. The average molecular weight is 187 g/mol. The zero-order valence-corrected chi connectivity index (χ0v) is 8.07. The SMILES string of the molecule is CC(C)(C)c1cc(=O)[nH]c(Cl)n1. The molecule has 0 spiro atoms. The Morgan fingerprint density at radius 2 is 2.08 bits per heavy atom. The fraction of sp³-hybridized carbons (Fsp3) is 0.500. The maximum Gasteiger partial charge on any atom is 0.252 e. The van der Waals surface area contributed by atoms with Crippen LogP contribution >= 0.6 is 11.6 Å². The van der Waals surface area contributed by atoms with Gasteiger partial charge in [0.05, 0.1) is 5.69 Å². The highest BCUT2D eigenvalue weighted by molar-refractivity contribution is 6.28. The molecule has 1 aromatic rings. The molecule has 0 amide bonds. The molecule has 1 N–H and O–H groups in total. The van der Waals surface area contributed by atoms with Gasteiger partial charge in [0.15, 0.2) is 0 Å². The van der Waals surface area contributed by atoms with Gasteiger partial charge in [-0.3, -0.25) is 9.78 Å². The lowest BCUT2D eigenvalue weighted by molar-refractivity contribution is 0.565. The van der Waals surface area contributed by atoms with Crippen molar-refractivity contribution in [2.75, 3.05) is 0 Å². The van der Waals surface area contributed by atoms with Gasteiger partial charge in [-0.1, -0.05) is 20.8 Å². The number of nitrogens with zero attached hydrogens (tertiary/aromatic N) is 1. The van der Waals surface area contributed by atoms with E-state index in [-0.39, 0.29) is 16.3 Å². The summed E-state index contributed by atoms with van der Waals surface area (Å²) in [6, 6.07) is 1.46. The largest absolute Gasteiger partial charge is 0.297 e. The second-order valence-electron chi connectivity index (χ2n) is 3.67. The van der Waals surface area contributed by atoms with E-state index in [1.165, 1.54) is 6.07 Å². The van der Waals surface area contributed by atoms with Crippen molar-refractivity contribution in [1.29, 1.82) is 0 Å². The molecule has 12 heavy (non-hydrogen) atoms. The summed E-state index contributed by atoms with van der Waals surface area (Å²) in [5, 5.41) is 0.146. The normalized spacial score (nSPS) is 11.7. The molecule has 0 unspecified atom stereocenters. The van der Waals surface area contributed by atoms with E-state index in [9.17, 15) is 4.79 Å². The zero-order chi connectivity index (χ0) is 9.35. The molecule has 0 atom stereocenters. The Morgan fingerprint density at radius 1 is 1.50 bits per heavy atom. The first-order valence-corrected chi connectivity index (χ1v) is 4.05. The van der Waals surface area contributed by atoms with Crippen LogP contribution in [0.1, 0.15) is 26.5 Å². The molecular formula is C8H11ClN2O. The van der Waals surface area contributed by atoms with E-state index in [4.69, 9.17) is 11.6 Å². The zero-order valence-electron chi connectivity index (χ0n) is 7.31. The van der Waals surface area contributed by atoms with Gasteiger partial charge in [0.25, 0.3) is 5.56 Å². The summed E-state index contributed by atoms with van der Waals surface area (Å²) in [6.45, 7) is 5.93. The van der Waals surface area contributed by atoms with Gasteiger partial charge in [0.1, 0.15) is 0 Å². The third-order valence-electron chi connectivity index (χ3n) is 1.48. The summed E-state index contributed by atoms with van der Waals surface area (Å²) in [6.07, 6.45) is 0. The van der Waals surface area contributed by atoms with Crippen molar-refractivity contribution in [3.05, 3.63) is 27.4 Å². The highest BCUT2D eigenvalue weighted by Crippen LogP contribution is 2.18. The quantitative estimate of drug-likeness (QED) is 0.628. The van der Waals surface area contributed by atoms with Crippen LogP contribution in [-0.2, 0) is 5.41 Å². The van der Waals surface area contributed by atoms with Crippen LogP contribution < -0.4 is 5.56 Å². The number of H-pyrrole nitrogens is 1. The Kier molecular flexibility index (Phi) is 2.24.